The number of morpholine rings is 1. The van der Waals surface area contributed by atoms with Crippen LogP contribution in [0.25, 0.3) is 0 Å². The van der Waals surface area contributed by atoms with Crippen LogP contribution in [0.3, 0.4) is 0 Å². The molecule has 1 amide bonds. The van der Waals surface area contributed by atoms with Gasteiger partial charge in [-0.05, 0) is 25.8 Å². The van der Waals surface area contributed by atoms with Gasteiger partial charge in [0.25, 0.3) is 0 Å². The highest BCUT2D eigenvalue weighted by atomic mass is 16.5. The van der Waals surface area contributed by atoms with Crippen molar-refractivity contribution in [3.63, 3.8) is 0 Å². The van der Waals surface area contributed by atoms with Crippen LogP contribution in [0.2, 0.25) is 0 Å². The first-order valence-corrected chi connectivity index (χ1v) is 5.41. The summed E-state index contributed by atoms with van der Waals surface area (Å²) in [5.74, 6) is 0.655. The summed E-state index contributed by atoms with van der Waals surface area (Å²) in [4.78, 5) is 13.7. The zero-order valence-electron chi connectivity index (χ0n) is 8.45. The largest absolute Gasteiger partial charge is 0.374 e. The number of ether oxygens (including phenoxy) is 1. The fourth-order valence-electron chi connectivity index (χ4n) is 1.87. The first kappa shape index (κ1) is 9.93. The monoisotopic (exact) mass is 198 g/mol. The molecular weight excluding hydrogens is 180 g/mol. The highest BCUT2D eigenvalue weighted by Gasteiger charge is 2.35. The fraction of sp³-hybridized carbons (Fsp3) is 0.900. The Bertz CT molecular complexity index is 214. The van der Waals surface area contributed by atoms with Crippen molar-refractivity contribution in [3.8, 4) is 0 Å². The lowest BCUT2D eigenvalue weighted by molar-refractivity contribution is -0.140. The zero-order chi connectivity index (χ0) is 9.97. The molecule has 1 aliphatic carbocycles. The third kappa shape index (κ3) is 2.25. The molecule has 0 aromatic rings. The summed E-state index contributed by atoms with van der Waals surface area (Å²) in [5, 5.41) is 0. The van der Waals surface area contributed by atoms with Gasteiger partial charge in [0.05, 0.1) is 12.7 Å². The van der Waals surface area contributed by atoms with Gasteiger partial charge < -0.3 is 15.4 Å². The standard InChI is InChI=1S/C10H18N2O2/c11-4-3-9-7-12(5-6-14-9)10(13)8-1-2-8/h8-9H,1-7,11H2. The fourth-order valence-corrected chi connectivity index (χ4v) is 1.87. The number of rotatable bonds is 3. The van der Waals surface area contributed by atoms with E-state index in [0.29, 0.717) is 25.0 Å². The van der Waals surface area contributed by atoms with Crippen molar-refractivity contribution < 1.29 is 9.53 Å². The molecule has 2 N–H and O–H groups in total. The third-order valence-electron chi connectivity index (χ3n) is 2.87. The van der Waals surface area contributed by atoms with Gasteiger partial charge in [-0.25, -0.2) is 0 Å². The minimum Gasteiger partial charge on any atom is -0.374 e. The second-order valence-corrected chi connectivity index (χ2v) is 4.13. The van der Waals surface area contributed by atoms with Crippen LogP contribution >= 0.6 is 0 Å². The summed E-state index contributed by atoms with van der Waals surface area (Å²) in [7, 11) is 0. The van der Waals surface area contributed by atoms with Crippen molar-refractivity contribution in [2.24, 2.45) is 11.7 Å². The Morgan fingerprint density at radius 3 is 2.93 bits per heavy atom. The highest BCUT2D eigenvalue weighted by Crippen LogP contribution is 2.31. The number of nitrogens with zero attached hydrogens (tertiary/aromatic N) is 1. The van der Waals surface area contributed by atoms with Crippen LogP contribution in [-0.2, 0) is 9.53 Å². The minimum absolute atomic E-state index is 0.163. The van der Waals surface area contributed by atoms with Crippen molar-refractivity contribution in [2.75, 3.05) is 26.2 Å². The number of carbonyl (C=O) groups is 1. The lowest BCUT2D eigenvalue weighted by Gasteiger charge is -2.33. The van der Waals surface area contributed by atoms with E-state index in [-0.39, 0.29) is 6.10 Å². The van der Waals surface area contributed by atoms with Gasteiger partial charge in [0.15, 0.2) is 0 Å². The summed E-state index contributed by atoms with van der Waals surface area (Å²) in [6.07, 6.45) is 3.18. The van der Waals surface area contributed by atoms with E-state index in [2.05, 4.69) is 0 Å². The normalized spacial score (nSPS) is 27.8. The van der Waals surface area contributed by atoms with Crippen LogP contribution in [0.5, 0.6) is 0 Å². The molecule has 2 fully saturated rings. The molecule has 2 aliphatic rings. The molecule has 14 heavy (non-hydrogen) atoms. The number of carbonyl (C=O) groups excluding carboxylic acids is 1. The van der Waals surface area contributed by atoms with Gasteiger partial charge >= 0.3 is 0 Å². The molecule has 2 rings (SSSR count). The first-order chi connectivity index (χ1) is 6.81. The second-order valence-electron chi connectivity index (χ2n) is 4.13. The van der Waals surface area contributed by atoms with Crippen LogP contribution in [-0.4, -0.2) is 43.2 Å². The molecule has 1 saturated heterocycles. The lowest BCUT2D eigenvalue weighted by atomic mass is 10.2. The van der Waals surface area contributed by atoms with E-state index in [9.17, 15) is 4.79 Å². The van der Waals surface area contributed by atoms with Crippen molar-refractivity contribution in [3.05, 3.63) is 0 Å². The molecule has 0 radical (unpaired) electrons. The van der Waals surface area contributed by atoms with Crippen molar-refractivity contribution in [1.82, 2.24) is 4.90 Å². The molecule has 0 aromatic heterocycles. The maximum atomic E-state index is 11.7. The van der Waals surface area contributed by atoms with E-state index >= 15 is 0 Å². The molecule has 1 saturated carbocycles. The van der Waals surface area contributed by atoms with Crippen molar-refractivity contribution in [1.29, 1.82) is 0 Å². The quantitative estimate of drug-likeness (QED) is 0.693. The summed E-state index contributed by atoms with van der Waals surface area (Å²) in [6.45, 7) is 2.81. The Balaban J connectivity index is 1.83. The Morgan fingerprint density at radius 2 is 2.29 bits per heavy atom. The number of amides is 1. The van der Waals surface area contributed by atoms with Crippen LogP contribution in [0.15, 0.2) is 0 Å². The molecular formula is C10H18N2O2. The maximum absolute atomic E-state index is 11.7. The van der Waals surface area contributed by atoms with E-state index in [1.165, 1.54) is 0 Å². The lowest BCUT2D eigenvalue weighted by Crippen LogP contribution is -2.46. The summed E-state index contributed by atoms with van der Waals surface area (Å²) in [5.41, 5.74) is 5.47. The van der Waals surface area contributed by atoms with Gasteiger partial charge in [0, 0.05) is 19.0 Å². The minimum atomic E-state index is 0.163. The van der Waals surface area contributed by atoms with Gasteiger partial charge in [0.2, 0.25) is 5.91 Å². The predicted molar refractivity (Wildman–Crippen MR) is 52.7 cm³/mol. The van der Waals surface area contributed by atoms with Gasteiger partial charge in [-0.15, -0.1) is 0 Å². The molecule has 1 aliphatic heterocycles. The smallest absolute Gasteiger partial charge is 0.225 e. The van der Waals surface area contributed by atoms with Crippen molar-refractivity contribution >= 4 is 5.91 Å². The number of hydrogen-bond acceptors (Lipinski definition) is 3. The summed E-state index contributed by atoms with van der Waals surface area (Å²) in [6, 6.07) is 0. The SMILES string of the molecule is NCCC1CN(C(=O)C2CC2)CCO1. The molecule has 4 heteroatoms. The molecule has 0 bridgehead atoms. The Labute approximate surface area is 84.4 Å². The Hall–Kier alpha value is -0.610. The number of nitrogens with two attached hydrogens (primary N) is 1. The molecule has 4 nitrogen and oxygen atoms in total. The zero-order valence-corrected chi connectivity index (χ0v) is 8.45. The second kappa shape index (κ2) is 4.28. The van der Waals surface area contributed by atoms with Gasteiger partial charge in [-0.3, -0.25) is 4.79 Å². The van der Waals surface area contributed by atoms with Gasteiger partial charge in [-0.2, -0.15) is 0 Å². The van der Waals surface area contributed by atoms with E-state index < -0.39 is 0 Å². The summed E-state index contributed by atoms with van der Waals surface area (Å²) < 4.78 is 5.53. The van der Waals surface area contributed by atoms with Crippen LogP contribution in [0.1, 0.15) is 19.3 Å². The molecule has 80 valence electrons. The maximum Gasteiger partial charge on any atom is 0.225 e. The molecule has 0 aromatic carbocycles. The Morgan fingerprint density at radius 1 is 1.50 bits per heavy atom. The van der Waals surface area contributed by atoms with Crippen LogP contribution < -0.4 is 5.73 Å². The van der Waals surface area contributed by atoms with Crippen molar-refractivity contribution in [2.45, 2.75) is 25.4 Å². The van der Waals surface area contributed by atoms with Crippen LogP contribution in [0.4, 0.5) is 0 Å². The molecule has 1 atom stereocenters. The third-order valence-corrected chi connectivity index (χ3v) is 2.87. The van der Waals surface area contributed by atoms with E-state index in [1.54, 1.807) is 0 Å². The van der Waals surface area contributed by atoms with E-state index in [4.69, 9.17) is 10.5 Å². The average molecular weight is 198 g/mol. The highest BCUT2D eigenvalue weighted by molar-refractivity contribution is 5.81. The molecule has 0 spiro atoms. The van der Waals surface area contributed by atoms with Gasteiger partial charge in [-0.1, -0.05) is 0 Å². The first-order valence-electron chi connectivity index (χ1n) is 5.41. The molecule has 1 unspecified atom stereocenters. The number of hydrogen-bond donors (Lipinski definition) is 1. The predicted octanol–water partition coefficient (Wildman–Crippen LogP) is -0.0274. The Kier molecular flexibility index (Phi) is 3.03. The van der Waals surface area contributed by atoms with Gasteiger partial charge in [0.1, 0.15) is 0 Å². The summed E-state index contributed by atoms with van der Waals surface area (Å²) >= 11 is 0. The molecule has 1 heterocycles. The topological polar surface area (TPSA) is 55.6 Å². The van der Waals surface area contributed by atoms with E-state index in [1.807, 2.05) is 4.90 Å². The average Bonchev–Trinajstić information content (AvgIpc) is 3.01. The van der Waals surface area contributed by atoms with Crippen LogP contribution in [0, 0.1) is 5.92 Å². The van der Waals surface area contributed by atoms with E-state index in [0.717, 1.165) is 32.4 Å².